The van der Waals surface area contributed by atoms with Crippen molar-refractivity contribution in [1.29, 1.82) is 0 Å². The van der Waals surface area contributed by atoms with Crippen LogP contribution in [0.5, 0.6) is 11.5 Å². The fourth-order valence-electron chi connectivity index (χ4n) is 1.49. The van der Waals surface area contributed by atoms with E-state index in [2.05, 4.69) is 0 Å². The minimum Gasteiger partial charge on any atom is -0.507 e. The molecule has 0 aromatic heterocycles. The molecule has 1 amide bonds. The molecule has 1 aromatic rings. The summed E-state index contributed by atoms with van der Waals surface area (Å²) >= 11 is 0. The van der Waals surface area contributed by atoms with Crippen LogP contribution < -0.4 is 0 Å². The van der Waals surface area contributed by atoms with Crippen LogP contribution in [-0.4, -0.2) is 48.3 Å². The molecule has 1 rings (SSSR count). The van der Waals surface area contributed by atoms with E-state index in [4.69, 9.17) is 4.74 Å². The number of nitrogens with zero attached hydrogens (tertiary/aromatic N) is 1. The van der Waals surface area contributed by atoms with Gasteiger partial charge in [0.15, 0.2) is 0 Å². The molecule has 0 bridgehead atoms. The Bertz CT molecular complexity index is 372. The lowest BCUT2D eigenvalue weighted by Crippen LogP contribution is -2.28. The van der Waals surface area contributed by atoms with Crippen molar-refractivity contribution in [3.63, 3.8) is 0 Å². The maximum Gasteiger partial charge on any atom is 0.261 e. The second kappa shape index (κ2) is 6.10. The Morgan fingerprint density at radius 1 is 1.35 bits per heavy atom. The van der Waals surface area contributed by atoms with Crippen LogP contribution in [0.3, 0.4) is 0 Å². The third-order valence-electron chi connectivity index (χ3n) is 2.42. The van der Waals surface area contributed by atoms with E-state index in [0.717, 1.165) is 0 Å². The highest BCUT2D eigenvalue weighted by Crippen LogP contribution is 2.27. The van der Waals surface area contributed by atoms with Crippen LogP contribution in [-0.2, 0) is 4.74 Å². The molecule has 0 radical (unpaired) electrons. The maximum absolute atomic E-state index is 11.9. The van der Waals surface area contributed by atoms with Crippen LogP contribution in [0.1, 0.15) is 16.8 Å². The topological polar surface area (TPSA) is 70.0 Å². The van der Waals surface area contributed by atoms with Gasteiger partial charge < -0.3 is 19.8 Å². The van der Waals surface area contributed by atoms with Crippen molar-refractivity contribution >= 4 is 5.91 Å². The summed E-state index contributed by atoms with van der Waals surface area (Å²) in [7, 11) is 3.21. The van der Waals surface area contributed by atoms with E-state index in [9.17, 15) is 15.0 Å². The highest BCUT2D eigenvalue weighted by molar-refractivity contribution is 5.99. The number of aromatic hydroxyl groups is 2. The second-order valence-electron chi connectivity index (χ2n) is 3.74. The van der Waals surface area contributed by atoms with Crippen LogP contribution in [0.25, 0.3) is 0 Å². The third kappa shape index (κ3) is 3.35. The smallest absolute Gasteiger partial charge is 0.261 e. The molecule has 5 nitrogen and oxygen atoms in total. The lowest BCUT2D eigenvalue weighted by atomic mass is 10.1. The van der Waals surface area contributed by atoms with E-state index in [-0.39, 0.29) is 17.1 Å². The summed E-state index contributed by atoms with van der Waals surface area (Å²) in [4.78, 5) is 13.4. The molecular formula is C12H17NO4. The molecule has 5 heteroatoms. The van der Waals surface area contributed by atoms with Gasteiger partial charge in [-0.2, -0.15) is 0 Å². The summed E-state index contributed by atoms with van der Waals surface area (Å²) in [6.07, 6.45) is 0.701. The first-order chi connectivity index (χ1) is 8.07. The van der Waals surface area contributed by atoms with Gasteiger partial charge in [0.05, 0.1) is 0 Å². The number of phenols is 2. The molecule has 0 spiro atoms. The van der Waals surface area contributed by atoms with Crippen LogP contribution in [0, 0.1) is 0 Å². The van der Waals surface area contributed by atoms with Crippen molar-refractivity contribution in [1.82, 2.24) is 4.90 Å². The molecule has 1 aromatic carbocycles. The number of carbonyl (C=O) groups excluding carboxylic acids is 1. The fourth-order valence-corrected chi connectivity index (χ4v) is 1.49. The normalized spacial score (nSPS) is 10.2. The zero-order chi connectivity index (χ0) is 12.8. The standard InChI is InChI=1S/C12H17NO4/c1-13(7-4-8-17-2)12(16)11-9(14)5-3-6-10(11)15/h3,5-6,14-15H,4,7-8H2,1-2H3. The van der Waals surface area contributed by atoms with Crippen LogP contribution in [0.15, 0.2) is 18.2 Å². The molecule has 0 saturated carbocycles. The van der Waals surface area contributed by atoms with Gasteiger partial charge >= 0.3 is 0 Å². The van der Waals surface area contributed by atoms with E-state index in [0.29, 0.717) is 19.6 Å². The van der Waals surface area contributed by atoms with Gasteiger partial charge in [0.1, 0.15) is 17.1 Å². The zero-order valence-corrected chi connectivity index (χ0v) is 10.0. The Hall–Kier alpha value is -1.75. The minimum atomic E-state index is -0.406. The lowest BCUT2D eigenvalue weighted by Gasteiger charge is -2.18. The van der Waals surface area contributed by atoms with Crippen molar-refractivity contribution in [2.45, 2.75) is 6.42 Å². The Morgan fingerprint density at radius 3 is 2.47 bits per heavy atom. The van der Waals surface area contributed by atoms with Crippen LogP contribution in [0.2, 0.25) is 0 Å². The maximum atomic E-state index is 11.9. The number of hydrogen-bond donors (Lipinski definition) is 2. The molecule has 0 unspecified atom stereocenters. The van der Waals surface area contributed by atoms with Crippen LogP contribution >= 0.6 is 0 Å². The molecule has 2 N–H and O–H groups in total. The molecule has 0 heterocycles. The van der Waals surface area contributed by atoms with E-state index >= 15 is 0 Å². The summed E-state index contributed by atoms with van der Waals surface area (Å²) < 4.78 is 4.89. The Morgan fingerprint density at radius 2 is 1.94 bits per heavy atom. The first-order valence-corrected chi connectivity index (χ1v) is 5.33. The number of phenolic OH excluding ortho intramolecular Hbond substituents is 2. The molecular weight excluding hydrogens is 222 g/mol. The number of benzene rings is 1. The van der Waals surface area contributed by atoms with E-state index in [1.165, 1.54) is 23.1 Å². The van der Waals surface area contributed by atoms with Gasteiger partial charge in [-0.1, -0.05) is 6.07 Å². The van der Waals surface area contributed by atoms with Gasteiger partial charge in [0, 0.05) is 27.3 Å². The molecule has 0 aliphatic rings. The third-order valence-corrected chi connectivity index (χ3v) is 2.42. The SMILES string of the molecule is COCCCN(C)C(=O)c1c(O)cccc1O. The van der Waals surface area contributed by atoms with E-state index in [1.807, 2.05) is 0 Å². The molecule has 17 heavy (non-hydrogen) atoms. The largest absolute Gasteiger partial charge is 0.507 e. The number of ether oxygens (including phenoxy) is 1. The molecule has 0 aliphatic heterocycles. The van der Waals surface area contributed by atoms with Crippen molar-refractivity contribution in [2.24, 2.45) is 0 Å². The van der Waals surface area contributed by atoms with Gasteiger partial charge in [0.25, 0.3) is 5.91 Å². The second-order valence-corrected chi connectivity index (χ2v) is 3.74. The summed E-state index contributed by atoms with van der Waals surface area (Å²) in [6.45, 7) is 1.06. The van der Waals surface area contributed by atoms with Gasteiger partial charge in [-0.3, -0.25) is 4.79 Å². The van der Waals surface area contributed by atoms with Crippen molar-refractivity contribution in [2.75, 3.05) is 27.3 Å². The predicted octanol–water partition coefficient (Wildman–Crippen LogP) is 1.21. The summed E-state index contributed by atoms with van der Waals surface area (Å²) in [6, 6.07) is 4.22. The van der Waals surface area contributed by atoms with Crippen molar-refractivity contribution < 1.29 is 19.7 Å². The van der Waals surface area contributed by atoms with E-state index < -0.39 is 5.91 Å². The number of carbonyl (C=O) groups is 1. The zero-order valence-electron chi connectivity index (χ0n) is 10.0. The molecule has 0 aliphatic carbocycles. The van der Waals surface area contributed by atoms with Crippen molar-refractivity contribution in [3.05, 3.63) is 23.8 Å². The molecule has 0 saturated heterocycles. The first kappa shape index (κ1) is 13.3. The lowest BCUT2D eigenvalue weighted by molar-refractivity contribution is 0.0773. The highest BCUT2D eigenvalue weighted by Gasteiger charge is 2.19. The Balaban J connectivity index is 2.75. The average Bonchev–Trinajstić information content (AvgIpc) is 2.28. The molecule has 94 valence electrons. The monoisotopic (exact) mass is 239 g/mol. The average molecular weight is 239 g/mol. The number of amides is 1. The summed E-state index contributed by atoms with van der Waals surface area (Å²) in [5.41, 5.74) is -0.0626. The van der Waals surface area contributed by atoms with Gasteiger partial charge in [-0.15, -0.1) is 0 Å². The summed E-state index contributed by atoms with van der Waals surface area (Å²) in [5.74, 6) is -0.834. The predicted molar refractivity (Wildman–Crippen MR) is 63.2 cm³/mol. The summed E-state index contributed by atoms with van der Waals surface area (Å²) in [5, 5.41) is 19.1. The highest BCUT2D eigenvalue weighted by atomic mass is 16.5. The Kier molecular flexibility index (Phi) is 4.78. The number of rotatable bonds is 5. The minimum absolute atomic E-state index is 0.0626. The molecule has 0 atom stereocenters. The van der Waals surface area contributed by atoms with Gasteiger partial charge in [-0.25, -0.2) is 0 Å². The van der Waals surface area contributed by atoms with Crippen molar-refractivity contribution in [3.8, 4) is 11.5 Å². The number of methoxy groups -OCH3 is 1. The van der Waals surface area contributed by atoms with Crippen LogP contribution in [0.4, 0.5) is 0 Å². The molecule has 0 fully saturated rings. The van der Waals surface area contributed by atoms with Gasteiger partial charge in [0.2, 0.25) is 0 Å². The quantitative estimate of drug-likeness (QED) is 0.758. The fraction of sp³-hybridized carbons (Fsp3) is 0.417. The Labute approximate surface area is 100 Å². The van der Waals surface area contributed by atoms with Gasteiger partial charge in [-0.05, 0) is 18.6 Å². The first-order valence-electron chi connectivity index (χ1n) is 5.33. The van der Waals surface area contributed by atoms with E-state index in [1.54, 1.807) is 14.2 Å². The number of hydrogen-bond acceptors (Lipinski definition) is 4.